The van der Waals surface area contributed by atoms with Crippen LogP contribution in [0.3, 0.4) is 0 Å². The molecule has 34 heavy (non-hydrogen) atoms. The smallest absolute Gasteiger partial charge is 0.497 e. The molecule has 0 N–H and O–H groups in total. The third-order valence-electron chi connectivity index (χ3n) is 4.00. The van der Waals surface area contributed by atoms with E-state index in [1.165, 1.54) is 25.3 Å². The Hall–Kier alpha value is -1.30. The zero-order valence-corrected chi connectivity index (χ0v) is 24.9. The summed E-state index contributed by atoms with van der Waals surface area (Å²) < 4.78 is 19.3. The van der Waals surface area contributed by atoms with E-state index in [1.54, 1.807) is 33.7 Å². The second kappa shape index (κ2) is 18.0. The first kappa shape index (κ1) is 34.9. The minimum atomic E-state index is -0.696. The molecule has 1 radical (unpaired) electrons. The van der Waals surface area contributed by atoms with Crippen molar-refractivity contribution < 1.29 is 66.2 Å². The second-order valence-electron chi connectivity index (χ2n) is 7.87. The Morgan fingerprint density at radius 2 is 1.76 bits per heavy atom. The summed E-state index contributed by atoms with van der Waals surface area (Å²) in [6.45, 7) is 14.6. The Morgan fingerprint density at radius 1 is 1.18 bits per heavy atom. The first-order chi connectivity index (χ1) is 15.4. The number of ether oxygens (including phenoxy) is 4. The number of carbonyl (C=O) groups is 2. The van der Waals surface area contributed by atoms with Crippen LogP contribution in [-0.2, 0) is 51.7 Å². The van der Waals surface area contributed by atoms with Crippen molar-refractivity contribution in [2.45, 2.75) is 39.4 Å². The van der Waals surface area contributed by atoms with Crippen LogP contribution in [0.5, 0.6) is 5.75 Å². The summed E-state index contributed by atoms with van der Waals surface area (Å²) in [5.41, 5.74) is -0.224. The minimum Gasteiger partial charge on any atom is -0.497 e. The first-order valence-corrected chi connectivity index (χ1v) is 12.0. The van der Waals surface area contributed by atoms with Gasteiger partial charge >= 0.3 is 6.16 Å². The Morgan fingerprint density at radius 3 is 2.24 bits per heavy atom. The van der Waals surface area contributed by atoms with Crippen LogP contribution in [0.15, 0.2) is 36.9 Å². The number of methoxy groups -OCH3 is 1. The third kappa shape index (κ3) is 15.6. The molecule has 0 saturated heterocycles. The van der Waals surface area contributed by atoms with Crippen LogP contribution < -0.4 is 4.74 Å². The van der Waals surface area contributed by atoms with E-state index in [1.807, 2.05) is 34.6 Å². The number of nitrogens with zero attached hydrogens (tertiary/aromatic N) is 1. The molecule has 0 atom stereocenters. The molecule has 0 aromatic heterocycles. The molecule has 189 valence electrons. The fourth-order valence-corrected chi connectivity index (χ4v) is 4.38. The molecule has 9 nitrogen and oxygen atoms in total. The second-order valence-corrected chi connectivity index (χ2v) is 10.9. The Balaban J connectivity index is 0. The van der Waals surface area contributed by atoms with Crippen LogP contribution in [-0.4, -0.2) is 49.2 Å². The van der Waals surface area contributed by atoms with Crippen molar-refractivity contribution in [2.75, 3.05) is 26.9 Å². The van der Waals surface area contributed by atoms with Gasteiger partial charge in [0.2, 0.25) is 0 Å². The molecule has 0 heterocycles. The number of benzene rings is 1. The minimum absolute atomic E-state index is 0. The van der Waals surface area contributed by atoms with E-state index in [-0.39, 0.29) is 61.8 Å². The van der Waals surface area contributed by atoms with Crippen LogP contribution in [0.4, 0.5) is 10.5 Å². The van der Waals surface area contributed by atoms with Crippen LogP contribution >= 0.6 is 21.6 Å². The summed E-state index contributed by atoms with van der Waals surface area (Å²) >= 11 is 0. The van der Waals surface area contributed by atoms with Gasteiger partial charge in [-0.05, 0) is 26.0 Å². The van der Waals surface area contributed by atoms with Crippen molar-refractivity contribution >= 4 is 39.9 Å². The standard InChI is InChI=1S/C15H25O5S2.C7H7NO3.Y/c1-7-8-19-13(17)20-9-14(3,4)12(2)21-22-15(5,6)10-18-11-16;1-11-7-4-2-6(3-5-7)8(9)10;/h7,11H,1,8-10H2,2-6H3;2-5H,1H3;/q-1;;. The van der Waals surface area contributed by atoms with E-state index in [9.17, 15) is 19.7 Å². The summed E-state index contributed by atoms with van der Waals surface area (Å²) in [5, 5.41) is 11.3. The van der Waals surface area contributed by atoms with Gasteiger partial charge < -0.3 is 18.9 Å². The van der Waals surface area contributed by atoms with Crippen molar-refractivity contribution in [3.05, 3.63) is 52.3 Å². The molecule has 0 aliphatic rings. The van der Waals surface area contributed by atoms with Crippen molar-refractivity contribution in [2.24, 2.45) is 5.41 Å². The molecule has 0 unspecified atom stereocenters. The maximum Gasteiger partial charge on any atom is 0.508 e. The number of rotatable bonds is 13. The van der Waals surface area contributed by atoms with E-state index in [0.717, 1.165) is 5.25 Å². The molecule has 0 aliphatic heterocycles. The molecular weight excluding hydrogens is 559 g/mol. The monoisotopic (exact) mass is 591 g/mol. The maximum absolute atomic E-state index is 11.3. The van der Waals surface area contributed by atoms with E-state index in [4.69, 9.17) is 18.9 Å². The normalized spacial score (nSPS) is 10.7. The predicted octanol–water partition coefficient (Wildman–Crippen LogP) is 5.84. The summed E-state index contributed by atoms with van der Waals surface area (Å²) in [6, 6.07) is 5.91. The van der Waals surface area contributed by atoms with E-state index >= 15 is 0 Å². The number of carbonyl (C=O) groups excluding carboxylic acids is 2. The zero-order chi connectivity index (χ0) is 25.5. The SMILES string of the molecule is C=CCOC(=O)OCC(C)(C)[C-](C)SSC(C)(C)COC=O.COc1ccc([N+](=O)[O-])cc1.[Y]. The fourth-order valence-electron chi connectivity index (χ4n) is 1.76. The van der Waals surface area contributed by atoms with Crippen molar-refractivity contribution in [3.8, 4) is 5.75 Å². The molecule has 12 heteroatoms. The quantitative estimate of drug-likeness (QED) is 0.0527. The summed E-state index contributed by atoms with van der Waals surface area (Å²) in [7, 11) is 4.73. The molecule has 0 bridgehead atoms. The molecular formula is C22H32NO8S2Y-. The van der Waals surface area contributed by atoms with Gasteiger partial charge in [-0.1, -0.05) is 26.5 Å². The largest absolute Gasteiger partial charge is 0.508 e. The van der Waals surface area contributed by atoms with Crippen LogP contribution in [0.2, 0.25) is 0 Å². The first-order valence-electron chi connectivity index (χ1n) is 9.82. The molecule has 1 aromatic rings. The fraction of sp³-hybridized carbons (Fsp3) is 0.500. The molecule has 0 spiro atoms. The molecule has 0 amide bonds. The number of non-ortho nitro benzene ring substituents is 1. The summed E-state index contributed by atoms with van der Waals surface area (Å²) in [5.74, 6) is 0.621. The molecule has 1 rings (SSSR count). The van der Waals surface area contributed by atoms with Crippen LogP contribution in [0.25, 0.3) is 0 Å². The maximum atomic E-state index is 11.3. The molecule has 0 saturated carbocycles. The number of nitro groups is 1. The van der Waals surface area contributed by atoms with Gasteiger partial charge in [0.05, 0.1) is 23.4 Å². The Kier molecular flexibility index (Phi) is 18.5. The van der Waals surface area contributed by atoms with Crippen molar-refractivity contribution in [1.82, 2.24) is 0 Å². The average Bonchev–Trinajstić information content (AvgIpc) is 2.79. The molecule has 1 aromatic carbocycles. The average molecular weight is 592 g/mol. The Labute approximate surface area is 234 Å². The number of nitro benzene ring substituents is 1. The van der Waals surface area contributed by atoms with Crippen molar-refractivity contribution in [3.63, 3.8) is 0 Å². The van der Waals surface area contributed by atoms with Gasteiger partial charge in [0.1, 0.15) is 19.0 Å². The number of hydrogen-bond acceptors (Lipinski definition) is 10. The predicted molar refractivity (Wildman–Crippen MR) is 131 cm³/mol. The van der Waals surface area contributed by atoms with Gasteiger partial charge in [-0.3, -0.25) is 25.7 Å². The van der Waals surface area contributed by atoms with Gasteiger partial charge in [-0.25, -0.2) is 10.0 Å². The van der Waals surface area contributed by atoms with E-state index in [0.29, 0.717) is 18.8 Å². The van der Waals surface area contributed by atoms with Gasteiger partial charge in [0.25, 0.3) is 12.2 Å². The van der Waals surface area contributed by atoms with Crippen molar-refractivity contribution in [1.29, 1.82) is 0 Å². The van der Waals surface area contributed by atoms with Gasteiger partial charge in [0, 0.05) is 44.8 Å². The zero-order valence-electron chi connectivity index (χ0n) is 20.4. The molecule has 0 aliphatic carbocycles. The van der Waals surface area contributed by atoms with Gasteiger partial charge in [-0.2, -0.15) is 6.92 Å². The topological polar surface area (TPSA) is 114 Å². The summed E-state index contributed by atoms with van der Waals surface area (Å²) in [4.78, 5) is 31.3. The number of hydrogen-bond donors (Lipinski definition) is 0. The van der Waals surface area contributed by atoms with Crippen LogP contribution in [0.1, 0.15) is 34.6 Å². The van der Waals surface area contributed by atoms with Crippen LogP contribution in [0, 0.1) is 20.8 Å². The Bertz CT molecular complexity index is 760. The summed E-state index contributed by atoms with van der Waals surface area (Å²) in [6.07, 6.45) is 0.790. The van der Waals surface area contributed by atoms with Gasteiger partial charge in [-0.15, -0.1) is 16.2 Å². The third-order valence-corrected chi connectivity index (χ3v) is 7.81. The van der Waals surface area contributed by atoms with E-state index in [2.05, 4.69) is 6.58 Å². The van der Waals surface area contributed by atoms with E-state index < -0.39 is 11.1 Å². The molecule has 0 fully saturated rings. The van der Waals surface area contributed by atoms with Gasteiger partial charge in [0.15, 0.2) is 0 Å².